The Balaban J connectivity index is 1.26. The van der Waals surface area contributed by atoms with E-state index < -0.39 is 34.7 Å². The van der Waals surface area contributed by atoms with Crippen LogP contribution in [0.25, 0.3) is 11.4 Å². The number of rotatable bonds is 5. The molecule has 1 spiro atoms. The quantitative estimate of drug-likeness (QED) is 0.317. The number of carbonyl (C=O) groups excluding carboxylic acids is 2. The number of aromatic nitrogens is 6. The number of piperidine rings is 1. The van der Waals surface area contributed by atoms with Gasteiger partial charge in [-0.05, 0) is 62.4 Å². The number of hydrogen-bond donors (Lipinski definition) is 2. The van der Waals surface area contributed by atoms with Crippen molar-refractivity contribution in [3.63, 3.8) is 0 Å². The van der Waals surface area contributed by atoms with Gasteiger partial charge in [-0.15, -0.1) is 5.10 Å². The summed E-state index contributed by atoms with van der Waals surface area (Å²) in [6.07, 6.45) is -0.225. The Hall–Kier alpha value is -5.16. The van der Waals surface area contributed by atoms with Crippen molar-refractivity contribution in [3.8, 4) is 5.75 Å². The number of ether oxygens (including phenoxy) is 2. The second kappa shape index (κ2) is 12.6. The molecule has 0 atom stereocenters. The van der Waals surface area contributed by atoms with Crippen molar-refractivity contribution in [2.75, 3.05) is 38.2 Å². The summed E-state index contributed by atoms with van der Waals surface area (Å²) < 4.78 is 54.3. The molecule has 0 saturated carbocycles. The molecule has 1 aromatic carbocycles. The van der Waals surface area contributed by atoms with Crippen molar-refractivity contribution >= 4 is 28.9 Å². The number of nitrogens with one attached hydrogen (secondary N) is 1. The Bertz CT molecular complexity index is 2120. The average molecular weight is 695 g/mol. The summed E-state index contributed by atoms with van der Waals surface area (Å²) in [7, 11) is 0. The summed E-state index contributed by atoms with van der Waals surface area (Å²) in [6, 6.07) is 3.08. The minimum atomic E-state index is -4.53. The first-order valence-corrected chi connectivity index (χ1v) is 16.1. The Morgan fingerprint density at radius 3 is 2.58 bits per heavy atom. The summed E-state index contributed by atoms with van der Waals surface area (Å²) in [5.74, 6) is -0.872. The van der Waals surface area contributed by atoms with Crippen molar-refractivity contribution in [3.05, 3.63) is 80.6 Å². The van der Waals surface area contributed by atoms with Crippen molar-refractivity contribution in [2.24, 2.45) is 0 Å². The number of benzene rings is 1. The number of hydrogen-bond acceptors (Lipinski definition) is 10. The molecule has 0 aliphatic carbocycles. The summed E-state index contributed by atoms with van der Waals surface area (Å²) in [4.78, 5) is 55.4. The van der Waals surface area contributed by atoms with Crippen LogP contribution >= 0.6 is 0 Å². The number of aromatic hydroxyl groups is 1. The largest absolute Gasteiger partial charge is 0.504 e. The van der Waals surface area contributed by atoms with Crippen LogP contribution < -0.4 is 10.9 Å². The molecule has 3 aliphatic rings. The van der Waals surface area contributed by atoms with E-state index in [1.807, 2.05) is 6.08 Å². The highest BCUT2D eigenvalue weighted by Gasteiger charge is 2.46. The molecule has 2 amide bonds. The van der Waals surface area contributed by atoms with Gasteiger partial charge in [-0.25, -0.2) is 9.97 Å². The molecule has 3 aliphatic heterocycles. The summed E-state index contributed by atoms with van der Waals surface area (Å²) >= 11 is 0. The van der Waals surface area contributed by atoms with Gasteiger partial charge < -0.3 is 29.4 Å². The number of anilines is 1. The van der Waals surface area contributed by atoms with Gasteiger partial charge in [0, 0.05) is 30.9 Å². The Labute approximate surface area is 282 Å². The zero-order valence-electron chi connectivity index (χ0n) is 27.2. The zero-order chi connectivity index (χ0) is 35.4. The lowest BCUT2D eigenvalue weighted by Crippen LogP contribution is -2.52. The molecule has 262 valence electrons. The number of fused-ring (bicyclic) bond motifs is 3. The van der Waals surface area contributed by atoms with Crippen LogP contribution in [0.5, 0.6) is 5.75 Å². The van der Waals surface area contributed by atoms with Crippen LogP contribution in [-0.2, 0) is 39.0 Å². The zero-order valence-corrected chi connectivity index (χ0v) is 27.2. The van der Waals surface area contributed by atoms with E-state index in [1.165, 1.54) is 24.2 Å². The fourth-order valence-electron chi connectivity index (χ4n) is 6.82. The highest BCUT2D eigenvalue weighted by Crippen LogP contribution is 2.41. The van der Waals surface area contributed by atoms with Crippen LogP contribution in [0, 0.1) is 13.8 Å². The van der Waals surface area contributed by atoms with E-state index in [-0.39, 0.29) is 79.7 Å². The van der Waals surface area contributed by atoms with E-state index >= 15 is 0 Å². The van der Waals surface area contributed by atoms with Crippen molar-refractivity contribution in [1.29, 1.82) is 0 Å². The van der Waals surface area contributed by atoms with Crippen molar-refractivity contribution in [2.45, 2.75) is 57.9 Å². The van der Waals surface area contributed by atoms with Crippen molar-refractivity contribution < 1.29 is 37.3 Å². The third-order valence-corrected chi connectivity index (χ3v) is 9.47. The molecular formula is C33H33F3N8O6. The predicted molar refractivity (Wildman–Crippen MR) is 170 cm³/mol. The van der Waals surface area contributed by atoms with Crippen molar-refractivity contribution in [1.82, 2.24) is 34.0 Å². The third-order valence-electron chi connectivity index (χ3n) is 9.47. The number of alkyl halides is 3. The molecule has 7 rings (SSSR count). The van der Waals surface area contributed by atoms with E-state index in [1.54, 1.807) is 11.5 Å². The molecule has 2 N–H and O–H groups in total. The molecule has 14 nitrogen and oxygen atoms in total. The molecular weight excluding hydrogens is 661 g/mol. The Kier molecular flexibility index (Phi) is 8.42. The lowest BCUT2D eigenvalue weighted by molar-refractivity contribution is -0.137. The fraction of sp³-hybridized carbons (Fsp3) is 0.424. The van der Waals surface area contributed by atoms with E-state index in [4.69, 9.17) is 14.5 Å². The van der Waals surface area contributed by atoms with Gasteiger partial charge in [0.2, 0.25) is 11.7 Å². The topological polar surface area (TPSA) is 166 Å². The molecule has 1 fully saturated rings. The second-order valence-electron chi connectivity index (χ2n) is 12.5. The van der Waals surface area contributed by atoms with Crippen LogP contribution in [0.4, 0.5) is 18.9 Å². The predicted octanol–water partition coefficient (Wildman–Crippen LogP) is 3.17. The maximum Gasteiger partial charge on any atom is 0.416 e. The molecule has 3 aromatic heterocycles. The molecule has 0 unspecified atom stereocenters. The van der Waals surface area contributed by atoms with Crippen LogP contribution in [0.15, 0.2) is 35.4 Å². The molecule has 4 aromatic rings. The number of nitrogens with zero attached hydrogens (tertiary/aromatic N) is 7. The van der Waals surface area contributed by atoms with Crippen LogP contribution in [-0.4, -0.2) is 83.9 Å². The number of halogens is 3. The maximum atomic E-state index is 14.3. The maximum absolute atomic E-state index is 14.3. The first-order chi connectivity index (χ1) is 23.9. The van der Waals surface area contributed by atoms with E-state index in [0.717, 1.165) is 22.2 Å². The first-order valence-electron chi connectivity index (χ1n) is 16.1. The normalized spacial score (nSPS) is 17.5. The second-order valence-corrected chi connectivity index (χ2v) is 12.5. The van der Waals surface area contributed by atoms with E-state index in [2.05, 4.69) is 20.4 Å². The first kappa shape index (κ1) is 33.3. The number of carbonyl (C=O) groups is 2. The molecule has 1 saturated heterocycles. The van der Waals surface area contributed by atoms with Crippen LogP contribution in [0.3, 0.4) is 0 Å². The average Bonchev–Trinajstić information content (AvgIpc) is 3.55. The van der Waals surface area contributed by atoms with Crippen LogP contribution in [0.1, 0.15) is 63.7 Å². The van der Waals surface area contributed by atoms with Gasteiger partial charge in [-0.2, -0.15) is 22.7 Å². The smallest absolute Gasteiger partial charge is 0.416 e. The van der Waals surface area contributed by atoms with Gasteiger partial charge in [0.25, 0.3) is 11.5 Å². The highest BCUT2D eigenvalue weighted by atomic mass is 19.4. The minimum absolute atomic E-state index is 0.116. The fourth-order valence-corrected chi connectivity index (χ4v) is 6.82. The summed E-state index contributed by atoms with van der Waals surface area (Å²) in [5.41, 5.74) is -0.190. The van der Waals surface area contributed by atoms with Gasteiger partial charge >= 0.3 is 6.18 Å². The lowest BCUT2D eigenvalue weighted by atomic mass is 9.81. The van der Waals surface area contributed by atoms with Gasteiger partial charge in [0.05, 0.1) is 36.6 Å². The van der Waals surface area contributed by atoms with Gasteiger partial charge in [0.1, 0.15) is 18.5 Å². The minimum Gasteiger partial charge on any atom is -0.504 e. The summed E-state index contributed by atoms with van der Waals surface area (Å²) in [5, 5.41) is 17.7. The molecule has 0 bridgehead atoms. The number of amides is 2. The van der Waals surface area contributed by atoms with Gasteiger partial charge in [-0.3, -0.25) is 14.4 Å². The molecule has 50 heavy (non-hydrogen) atoms. The molecule has 0 radical (unpaired) electrons. The third kappa shape index (κ3) is 5.89. The highest BCUT2D eigenvalue weighted by molar-refractivity contribution is 5.95. The SMILES string of the molecule is Cc1cc(C(F)(F)F)ccc1NC(=O)Cn1c2c(c(=O)n3nc(C4=CCOCC4)nc13)C1(CCN(C(=O)c3ncnc(C)c3O)CC1)OCC2. The van der Waals surface area contributed by atoms with Gasteiger partial charge in [0.15, 0.2) is 17.3 Å². The van der Waals surface area contributed by atoms with Crippen LogP contribution in [0.2, 0.25) is 0 Å². The number of aryl methyl sites for hydroxylation is 2. The number of likely N-dealkylation sites (tertiary alicyclic amines) is 1. The Morgan fingerprint density at radius 1 is 1.10 bits per heavy atom. The van der Waals surface area contributed by atoms with Gasteiger partial charge in [-0.1, -0.05) is 6.08 Å². The Morgan fingerprint density at radius 2 is 1.88 bits per heavy atom. The molecule has 6 heterocycles. The standard InChI is InChI=1S/C33H33F3N8O6/c1-18-15-21(33(34,35)36)3-4-22(18)39-24(45)16-43-23-7-14-50-32(8-10-42(11-9-32)30(48)26-27(46)19(2)37-17-38-26)25(23)29(47)44-31(43)40-28(41-44)20-5-12-49-13-6-20/h3-5,15,17,46H,6-14,16H2,1-2H3,(H,39,45). The molecule has 17 heteroatoms. The summed E-state index contributed by atoms with van der Waals surface area (Å²) in [6.45, 7) is 4.11. The van der Waals surface area contributed by atoms with E-state index in [9.17, 15) is 32.7 Å². The monoisotopic (exact) mass is 694 g/mol. The van der Waals surface area contributed by atoms with E-state index in [0.29, 0.717) is 36.7 Å². The lowest BCUT2D eigenvalue weighted by Gasteiger charge is -2.44.